The lowest BCUT2D eigenvalue weighted by atomic mass is 10.1. The molecule has 0 unspecified atom stereocenters. The number of amides is 1. The van der Waals surface area contributed by atoms with Gasteiger partial charge in [-0.1, -0.05) is 41.9 Å². The zero-order chi connectivity index (χ0) is 17.9. The van der Waals surface area contributed by atoms with Crippen LogP contribution in [0.3, 0.4) is 0 Å². The molecule has 2 aromatic carbocycles. The molecule has 3 aromatic rings. The van der Waals surface area contributed by atoms with Crippen molar-refractivity contribution < 1.29 is 4.79 Å². The smallest absolute Gasteiger partial charge is 0.254 e. The Hall–Kier alpha value is -2.43. The van der Waals surface area contributed by atoms with E-state index in [2.05, 4.69) is 16.0 Å². The van der Waals surface area contributed by atoms with Gasteiger partial charge in [-0.05, 0) is 29.8 Å². The molecule has 1 aromatic heterocycles. The van der Waals surface area contributed by atoms with E-state index in [1.54, 1.807) is 6.20 Å². The van der Waals surface area contributed by atoms with Gasteiger partial charge in [-0.3, -0.25) is 14.7 Å². The molecule has 4 rings (SSSR count). The summed E-state index contributed by atoms with van der Waals surface area (Å²) in [7, 11) is 0. The van der Waals surface area contributed by atoms with Crippen molar-refractivity contribution >= 4 is 28.4 Å². The first-order valence-electron chi connectivity index (χ1n) is 8.80. The molecule has 5 heteroatoms. The molecule has 1 aliphatic heterocycles. The van der Waals surface area contributed by atoms with Crippen molar-refractivity contribution in [2.45, 2.75) is 6.54 Å². The predicted molar refractivity (Wildman–Crippen MR) is 104 cm³/mol. The third kappa shape index (κ3) is 3.57. The SMILES string of the molecule is O=C(c1ccnc2ccccc12)N1CCN(Cc2cccc(Cl)c2)CC1. The minimum absolute atomic E-state index is 0.0889. The Balaban J connectivity index is 1.43. The number of para-hydroxylation sites is 1. The summed E-state index contributed by atoms with van der Waals surface area (Å²) in [5.74, 6) is 0.0889. The second-order valence-corrected chi connectivity index (χ2v) is 7.01. The first-order valence-corrected chi connectivity index (χ1v) is 9.18. The van der Waals surface area contributed by atoms with Crippen LogP contribution < -0.4 is 0 Å². The van der Waals surface area contributed by atoms with Gasteiger partial charge in [-0.25, -0.2) is 0 Å². The second kappa shape index (κ2) is 7.44. The lowest BCUT2D eigenvalue weighted by Crippen LogP contribution is -2.48. The van der Waals surface area contributed by atoms with Crippen LogP contribution in [0.25, 0.3) is 10.9 Å². The first-order chi connectivity index (χ1) is 12.7. The van der Waals surface area contributed by atoms with Crippen LogP contribution in [-0.4, -0.2) is 46.9 Å². The number of hydrogen-bond acceptors (Lipinski definition) is 3. The van der Waals surface area contributed by atoms with E-state index in [-0.39, 0.29) is 5.91 Å². The number of hydrogen-bond donors (Lipinski definition) is 0. The molecule has 1 amide bonds. The third-order valence-electron chi connectivity index (χ3n) is 4.83. The lowest BCUT2D eigenvalue weighted by Gasteiger charge is -2.35. The van der Waals surface area contributed by atoms with Crippen molar-refractivity contribution in [1.29, 1.82) is 0 Å². The molecule has 1 fully saturated rings. The standard InChI is InChI=1S/C21H20ClN3O/c22-17-5-3-4-16(14-17)15-24-10-12-25(13-11-24)21(26)19-8-9-23-20-7-2-1-6-18(19)20/h1-9,14H,10-13,15H2. The number of piperazine rings is 1. The molecule has 0 spiro atoms. The Morgan fingerprint density at radius 2 is 1.81 bits per heavy atom. The zero-order valence-corrected chi connectivity index (χ0v) is 15.2. The summed E-state index contributed by atoms with van der Waals surface area (Å²) in [5, 5.41) is 1.68. The van der Waals surface area contributed by atoms with Gasteiger partial charge in [0.2, 0.25) is 0 Å². The highest BCUT2D eigenvalue weighted by atomic mass is 35.5. The fourth-order valence-corrected chi connectivity index (χ4v) is 3.67. The van der Waals surface area contributed by atoms with Gasteiger partial charge >= 0.3 is 0 Å². The second-order valence-electron chi connectivity index (χ2n) is 6.57. The van der Waals surface area contributed by atoms with Gasteiger partial charge in [0.25, 0.3) is 5.91 Å². The molecule has 26 heavy (non-hydrogen) atoms. The summed E-state index contributed by atoms with van der Waals surface area (Å²) in [5.41, 5.74) is 2.80. The number of halogens is 1. The van der Waals surface area contributed by atoms with Crippen LogP contribution in [-0.2, 0) is 6.54 Å². The molecular weight excluding hydrogens is 346 g/mol. The molecule has 0 atom stereocenters. The lowest BCUT2D eigenvalue weighted by molar-refractivity contribution is 0.0630. The van der Waals surface area contributed by atoms with E-state index in [1.165, 1.54) is 5.56 Å². The normalized spacial score (nSPS) is 15.3. The number of carbonyl (C=O) groups excluding carboxylic acids is 1. The van der Waals surface area contributed by atoms with E-state index in [4.69, 9.17) is 11.6 Å². The van der Waals surface area contributed by atoms with Crippen molar-refractivity contribution in [2.24, 2.45) is 0 Å². The Labute approximate surface area is 158 Å². The monoisotopic (exact) mass is 365 g/mol. The molecular formula is C21H20ClN3O. The number of benzene rings is 2. The summed E-state index contributed by atoms with van der Waals surface area (Å²) in [6.45, 7) is 4.05. The quantitative estimate of drug-likeness (QED) is 0.707. The Kier molecular flexibility index (Phi) is 4.87. The fourth-order valence-electron chi connectivity index (χ4n) is 3.46. The third-order valence-corrected chi connectivity index (χ3v) is 5.07. The number of nitrogens with zero attached hydrogens (tertiary/aromatic N) is 3. The van der Waals surface area contributed by atoms with Crippen LogP contribution in [0.1, 0.15) is 15.9 Å². The summed E-state index contributed by atoms with van der Waals surface area (Å²) in [4.78, 5) is 21.6. The molecule has 0 N–H and O–H groups in total. The van der Waals surface area contributed by atoms with Crippen molar-refractivity contribution in [2.75, 3.05) is 26.2 Å². The van der Waals surface area contributed by atoms with Crippen molar-refractivity contribution in [3.63, 3.8) is 0 Å². The van der Waals surface area contributed by atoms with E-state index >= 15 is 0 Å². The fraction of sp³-hybridized carbons (Fsp3) is 0.238. The number of rotatable bonds is 3. The maximum atomic E-state index is 13.0. The number of pyridine rings is 1. The average molecular weight is 366 g/mol. The van der Waals surface area contributed by atoms with Crippen molar-refractivity contribution in [1.82, 2.24) is 14.8 Å². The number of carbonyl (C=O) groups is 1. The molecule has 132 valence electrons. The molecule has 0 aliphatic carbocycles. The molecule has 0 saturated carbocycles. The van der Waals surface area contributed by atoms with E-state index < -0.39 is 0 Å². The van der Waals surface area contributed by atoms with Crippen LogP contribution in [0.4, 0.5) is 0 Å². The maximum Gasteiger partial charge on any atom is 0.254 e. The van der Waals surface area contributed by atoms with Gasteiger partial charge in [0.1, 0.15) is 0 Å². The van der Waals surface area contributed by atoms with Crippen molar-refractivity contribution in [3.8, 4) is 0 Å². The minimum atomic E-state index is 0.0889. The van der Waals surface area contributed by atoms with Gasteiger partial charge < -0.3 is 4.90 Å². The van der Waals surface area contributed by atoms with Crippen LogP contribution in [0.2, 0.25) is 5.02 Å². The summed E-state index contributed by atoms with van der Waals surface area (Å²) in [6.07, 6.45) is 1.71. The summed E-state index contributed by atoms with van der Waals surface area (Å²) in [6, 6.07) is 17.6. The number of aromatic nitrogens is 1. The highest BCUT2D eigenvalue weighted by molar-refractivity contribution is 6.30. The van der Waals surface area contributed by atoms with Crippen LogP contribution in [0.5, 0.6) is 0 Å². The number of fused-ring (bicyclic) bond motifs is 1. The van der Waals surface area contributed by atoms with E-state index in [1.807, 2.05) is 53.4 Å². The molecule has 2 heterocycles. The zero-order valence-electron chi connectivity index (χ0n) is 14.4. The van der Waals surface area contributed by atoms with Gasteiger partial charge in [0.15, 0.2) is 0 Å². The van der Waals surface area contributed by atoms with E-state index in [0.717, 1.165) is 54.2 Å². The molecule has 1 aliphatic rings. The Morgan fingerprint density at radius 3 is 2.62 bits per heavy atom. The highest BCUT2D eigenvalue weighted by Crippen LogP contribution is 2.19. The average Bonchev–Trinajstić information content (AvgIpc) is 2.68. The Morgan fingerprint density at radius 1 is 1.00 bits per heavy atom. The van der Waals surface area contributed by atoms with Gasteiger partial charge in [-0.2, -0.15) is 0 Å². The predicted octanol–water partition coefficient (Wildman–Crippen LogP) is 3.85. The summed E-state index contributed by atoms with van der Waals surface area (Å²) >= 11 is 6.07. The summed E-state index contributed by atoms with van der Waals surface area (Å²) < 4.78 is 0. The van der Waals surface area contributed by atoms with Gasteiger partial charge in [-0.15, -0.1) is 0 Å². The van der Waals surface area contributed by atoms with Crippen LogP contribution in [0, 0.1) is 0 Å². The topological polar surface area (TPSA) is 36.4 Å². The van der Waals surface area contributed by atoms with E-state index in [9.17, 15) is 4.79 Å². The van der Waals surface area contributed by atoms with E-state index in [0.29, 0.717) is 0 Å². The Bertz CT molecular complexity index is 930. The minimum Gasteiger partial charge on any atom is -0.336 e. The molecule has 0 radical (unpaired) electrons. The van der Waals surface area contributed by atoms with Crippen LogP contribution in [0.15, 0.2) is 60.8 Å². The maximum absolute atomic E-state index is 13.0. The largest absolute Gasteiger partial charge is 0.336 e. The van der Waals surface area contributed by atoms with Crippen LogP contribution >= 0.6 is 11.6 Å². The van der Waals surface area contributed by atoms with Gasteiger partial charge in [0, 0.05) is 49.3 Å². The molecule has 4 nitrogen and oxygen atoms in total. The molecule has 1 saturated heterocycles. The first kappa shape index (κ1) is 17.0. The van der Waals surface area contributed by atoms with Crippen molar-refractivity contribution in [3.05, 3.63) is 76.9 Å². The highest BCUT2D eigenvalue weighted by Gasteiger charge is 2.23. The van der Waals surface area contributed by atoms with Gasteiger partial charge in [0.05, 0.1) is 11.1 Å². The molecule has 0 bridgehead atoms.